The number of halogens is 1. The number of nitrogens with zero attached hydrogens (tertiary/aromatic N) is 2. The van der Waals surface area contributed by atoms with E-state index in [1.165, 1.54) is 19.3 Å². The first-order chi connectivity index (χ1) is 14.4. The molecule has 0 radical (unpaired) electrons. The summed E-state index contributed by atoms with van der Waals surface area (Å²) in [5.41, 5.74) is 0. The minimum Gasteiger partial charge on any atom is -0.469 e. The third kappa shape index (κ3) is 10.5. The van der Waals surface area contributed by atoms with Crippen LogP contribution in [0.2, 0.25) is 0 Å². The highest BCUT2D eigenvalue weighted by Crippen LogP contribution is 2.16. The summed E-state index contributed by atoms with van der Waals surface area (Å²) in [7, 11) is 0. The minimum absolute atomic E-state index is 0. The fourth-order valence-corrected chi connectivity index (χ4v) is 3.81. The maximum absolute atomic E-state index is 5.83. The van der Waals surface area contributed by atoms with Gasteiger partial charge in [-0.3, -0.25) is 9.89 Å². The van der Waals surface area contributed by atoms with Crippen LogP contribution in [-0.2, 0) is 15.9 Å². The first kappa shape index (κ1) is 25.4. The summed E-state index contributed by atoms with van der Waals surface area (Å²) in [5, 5.41) is 6.95. The molecule has 1 aromatic heterocycles. The van der Waals surface area contributed by atoms with Gasteiger partial charge in [-0.15, -0.1) is 24.0 Å². The monoisotopic (exact) mass is 534 g/mol. The van der Waals surface area contributed by atoms with Crippen LogP contribution < -0.4 is 10.6 Å². The Morgan fingerprint density at radius 3 is 2.73 bits per heavy atom. The van der Waals surface area contributed by atoms with Gasteiger partial charge in [-0.05, 0) is 50.7 Å². The molecule has 1 unspecified atom stereocenters. The largest absolute Gasteiger partial charge is 0.469 e. The van der Waals surface area contributed by atoms with Gasteiger partial charge in [-0.25, -0.2) is 0 Å². The van der Waals surface area contributed by atoms with Crippen LogP contribution in [0.3, 0.4) is 0 Å². The standard InChI is InChI=1S/C22H38N4O3.HI/c1-2-16-28-20(6-1)7-3-10-23-22(25-12-9-21-8-4-17-29-21)24-11-5-13-26-14-18-27-19-15-26;/h4,8,17,20H,1-3,5-7,9-16,18-19H2,(H2,23,24,25);1H. The summed E-state index contributed by atoms with van der Waals surface area (Å²) < 4.78 is 16.7. The summed E-state index contributed by atoms with van der Waals surface area (Å²) >= 11 is 0. The lowest BCUT2D eigenvalue weighted by Crippen LogP contribution is -2.39. The number of guanidine groups is 1. The van der Waals surface area contributed by atoms with Gasteiger partial charge in [0.2, 0.25) is 0 Å². The molecule has 172 valence electrons. The van der Waals surface area contributed by atoms with Crippen molar-refractivity contribution in [1.29, 1.82) is 0 Å². The van der Waals surface area contributed by atoms with E-state index >= 15 is 0 Å². The fourth-order valence-electron chi connectivity index (χ4n) is 3.81. The number of aliphatic imine (C=N–C) groups is 1. The van der Waals surface area contributed by atoms with Gasteiger partial charge in [0.05, 0.1) is 25.6 Å². The topological polar surface area (TPSA) is 71.3 Å². The van der Waals surface area contributed by atoms with E-state index < -0.39 is 0 Å². The number of nitrogens with one attached hydrogen (secondary N) is 2. The smallest absolute Gasteiger partial charge is 0.191 e. The van der Waals surface area contributed by atoms with E-state index in [-0.39, 0.29) is 24.0 Å². The second-order valence-corrected chi connectivity index (χ2v) is 7.85. The second kappa shape index (κ2) is 15.9. The zero-order chi connectivity index (χ0) is 20.0. The van der Waals surface area contributed by atoms with Crippen molar-refractivity contribution in [3.63, 3.8) is 0 Å². The van der Waals surface area contributed by atoms with E-state index in [2.05, 4.69) is 15.5 Å². The molecule has 0 aliphatic carbocycles. The summed E-state index contributed by atoms with van der Waals surface area (Å²) in [5.74, 6) is 1.90. The maximum atomic E-state index is 5.83. The van der Waals surface area contributed by atoms with Gasteiger partial charge in [0, 0.05) is 52.3 Å². The number of morpholine rings is 1. The van der Waals surface area contributed by atoms with Crippen molar-refractivity contribution in [2.75, 3.05) is 59.1 Å². The lowest BCUT2D eigenvalue weighted by Gasteiger charge is -2.26. The van der Waals surface area contributed by atoms with Crippen molar-refractivity contribution in [2.24, 2.45) is 4.99 Å². The van der Waals surface area contributed by atoms with Crippen LogP contribution in [0, 0.1) is 0 Å². The summed E-state index contributed by atoms with van der Waals surface area (Å²) in [6.45, 7) is 8.39. The molecule has 8 heteroatoms. The zero-order valence-electron chi connectivity index (χ0n) is 18.2. The normalized spacial score (nSPS) is 20.5. The lowest BCUT2D eigenvalue weighted by molar-refractivity contribution is 0.0104. The van der Waals surface area contributed by atoms with Crippen molar-refractivity contribution in [1.82, 2.24) is 15.5 Å². The van der Waals surface area contributed by atoms with Crippen molar-refractivity contribution in [3.8, 4) is 0 Å². The van der Waals surface area contributed by atoms with Crippen LogP contribution >= 0.6 is 24.0 Å². The Hall–Kier alpha value is -0.840. The highest BCUT2D eigenvalue weighted by atomic mass is 127. The van der Waals surface area contributed by atoms with Crippen LogP contribution in [0.5, 0.6) is 0 Å². The Balaban J connectivity index is 0.00000320. The number of furan rings is 1. The van der Waals surface area contributed by atoms with Gasteiger partial charge < -0.3 is 24.5 Å². The molecule has 0 amide bonds. The molecule has 0 spiro atoms. The molecule has 0 saturated carbocycles. The number of rotatable bonds is 11. The van der Waals surface area contributed by atoms with Gasteiger partial charge in [0.1, 0.15) is 5.76 Å². The molecule has 3 rings (SSSR count). The average Bonchev–Trinajstić information content (AvgIpc) is 3.29. The SMILES string of the molecule is I.c1coc(CCNC(=NCCCN2CCOCC2)NCCCC2CCCCO2)c1. The number of hydrogen-bond acceptors (Lipinski definition) is 5. The second-order valence-electron chi connectivity index (χ2n) is 7.85. The predicted molar refractivity (Wildman–Crippen MR) is 131 cm³/mol. The van der Waals surface area contributed by atoms with E-state index in [4.69, 9.17) is 18.9 Å². The van der Waals surface area contributed by atoms with E-state index in [9.17, 15) is 0 Å². The third-order valence-electron chi connectivity index (χ3n) is 5.52. The van der Waals surface area contributed by atoms with Gasteiger partial charge in [-0.2, -0.15) is 0 Å². The molecule has 2 saturated heterocycles. The molecule has 2 fully saturated rings. The molecule has 0 aromatic carbocycles. The van der Waals surface area contributed by atoms with Gasteiger partial charge >= 0.3 is 0 Å². The minimum atomic E-state index is 0. The van der Waals surface area contributed by atoms with Gasteiger partial charge in [0.25, 0.3) is 0 Å². The summed E-state index contributed by atoms with van der Waals surface area (Å²) in [6, 6.07) is 3.94. The Morgan fingerprint density at radius 2 is 1.97 bits per heavy atom. The quantitative estimate of drug-likeness (QED) is 0.197. The summed E-state index contributed by atoms with van der Waals surface area (Å²) in [6.07, 6.45) is 10.1. The third-order valence-corrected chi connectivity index (χ3v) is 5.52. The van der Waals surface area contributed by atoms with E-state index in [0.29, 0.717) is 6.10 Å². The molecule has 3 heterocycles. The molecule has 0 bridgehead atoms. The molecule has 2 aliphatic rings. The maximum Gasteiger partial charge on any atom is 0.191 e. The molecule has 1 atom stereocenters. The molecule has 30 heavy (non-hydrogen) atoms. The van der Waals surface area contributed by atoms with E-state index in [1.54, 1.807) is 6.26 Å². The van der Waals surface area contributed by atoms with Gasteiger partial charge in [-0.1, -0.05) is 0 Å². The molecular weight excluding hydrogens is 495 g/mol. The predicted octanol–water partition coefficient (Wildman–Crippen LogP) is 3.05. The highest BCUT2D eigenvalue weighted by molar-refractivity contribution is 14.0. The van der Waals surface area contributed by atoms with Crippen LogP contribution in [0.4, 0.5) is 0 Å². The van der Waals surface area contributed by atoms with Crippen molar-refractivity contribution >= 4 is 29.9 Å². The Labute approximate surface area is 198 Å². The Morgan fingerprint density at radius 1 is 1.10 bits per heavy atom. The zero-order valence-corrected chi connectivity index (χ0v) is 20.5. The van der Waals surface area contributed by atoms with Crippen molar-refractivity contribution in [3.05, 3.63) is 24.2 Å². The number of hydrogen-bond donors (Lipinski definition) is 2. The van der Waals surface area contributed by atoms with Gasteiger partial charge in [0.15, 0.2) is 5.96 Å². The Kier molecular flexibility index (Phi) is 13.5. The van der Waals surface area contributed by atoms with E-state index in [1.807, 2.05) is 12.1 Å². The van der Waals surface area contributed by atoms with Crippen LogP contribution in [0.25, 0.3) is 0 Å². The molecular formula is C22H39IN4O3. The summed E-state index contributed by atoms with van der Waals surface area (Å²) in [4.78, 5) is 7.24. The highest BCUT2D eigenvalue weighted by Gasteiger charge is 2.13. The molecule has 2 aliphatic heterocycles. The van der Waals surface area contributed by atoms with E-state index in [0.717, 1.165) is 96.5 Å². The van der Waals surface area contributed by atoms with Crippen LogP contribution in [-0.4, -0.2) is 76.1 Å². The molecule has 2 N–H and O–H groups in total. The molecule has 1 aromatic rings. The number of ether oxygens (including phenoxy) is 2. The van der Waals surface area contributed by atoms with Crippen molar-refractivity contribution < 1.29 is 13.9 Å². The first-order valence-electron chi connectivity index (χ1n) is 11.4. The average molecular weight is 534 g/mol. The van der Waals surface area contributed by atoms with Crippen molar-refractivity contribution in [2.45, 2.75) is 51.0 Å². The van der Waals surface area contributed by atoms with Crippen LogP contribution in [0.15, 0.2) is 27.8 Å². The fraction of sp³-hybridized carbons (Fsp3) is 0.773. The first-order valence-corrected chi connectivity index (χ1v) is 11.4. The lowest BCUT2D eigenvalue weighted by atomic mass is 10.0. The Bertz CT molecular complexity index is 559. The molecule has 7 nitrogen and oxygen atoms in total. The van der Waals surface area contributed by atoms with Crippen LogP contribution in [0.1, 0.15) is 44.3 Å².